The van der Waals surface area contributed by atoms with Gasteiger partial charge >= 0.3 is 6.03 Å². The van der Waals surface area contributed by atoms with Gasteiger partial charge in [-0.25, -0.2) is 4.79 Å². The number of halogens is 1. The molecule has 0 aliphatic carbocycles. The van der Waals surface area contributed by atoms with Gasteiger partial charge in [-0.2, -0.15) is 5.01 Å². The van der Waals surface area contributed by atoms with Gasteiger partial charge in [-0.1, -0.05) is 54.1 Å². The van der Waals surface area contributed by atoms with Crippen LogP contribution in [0.5, 0.6) is 0 Å². The van der Waals surface area contributed by atoms with Gasteiger partial charge in [0.2, 0.25) is 0 Å². The topological polar surface area (TPSA) is 78.5 Å². The minimum atomic E-state index is -1.24. The van der Waals surface area contributed by atoms with E-state index in [9.17, 15) is 14.4 Å². The Balaban J connectivity index is 1.52. The number of nitrogens with one attached hydrogen (secondary N) is 2. The van der Waals surface area contributed by atoms with E-state index in [2.05, 4.69) is 10.7 Å². The minimum Gasteiger partial charge on any atom is -0.318 e. The lowest BCUT2D eigenvalue weighted by Crippen LogP contribution is -2.47. The second-order valence-corrected chi connectivity index (χ2v) is 8.19. The number of thiophene rings is 1. The first kappa shape index (κ1) is 19.2. The number of hydrazine groups is 1. The molecule has 1 fully saturated rings. The molecule has 3 aromatic rings. The van der Waals surface area contributed by atoms with E-state index < -0.39 is 23.4 Å². The van der Waals surface area contributed by atoms with Crippen molar-refractivity contribution in [2.75, 3.05) is 0 Å². The third-order valence-corrected chi connectivity index (χ3v) is 6.10. The van der Waals surface area contributed by atoms with Crippen molar-refractivity contribution in [1.29, 1.82) is 0 Å². The normalized spacial score (nSPS) is 18.6. The van der Waals surface area contributed by atoms with E-state index in [-0.39, 0.29) is 0 Å². The standard InChI is InChI=1S/C21H16ClN3O3S/c1-21(14-5-3-2-4-6-14)19(27)25(20(28)23-21)24-18(26)17-12-11-16(29-17)13-7-9-15(22)10-8-13/h2-12H,1H3,(H,23,28)(H,24,26). The molecule has 1 atom stereocenters. The number of amides is 4. The van der Waals surface area contributed by atoms with Crippen LogP contribution < -0.4 is 10.7 Å². The highest BCUT2D eigenvalue weighted by Gasteiger charge is 2.50. The second-order valence-electron chi connectivity index (χ2n) is 6.67. The van der Waals surface area contributed by atoms with Crippen LogP contribution >= 0.6 is 22.9 Å². The van der Waals surface area contributed by atoms with Crippen LogP contribution in [0, 0.1) is 0 Å². The van der Waals surface area contributed by atoms with Crippen molar-refractivity contribution in [2.24, 2.45) is 0 Å². The first-order chi connectivity index (χ1) is 13.9. The monoisotopic (exact) mass is 425 g/mol. The summed E-state index contributed by atoms with van der Waals surface area (Å²) < 4.78 is 0. The number of hydrogen-bond acceptors (Lipinski definition) is 4. The van der Waals surface area contributed by atoms with Crippen LogP contribution in [-0.4, -0.2) is 22.9 Å². The number of imide groups is 1. The SMILES string of the molecule is CC1(c2ccccc2)NC(=O)N(NC(=O)c2ccc(-c3ccc(Cl)cc3)s2)C1=O. The summed E-state index contributed by atoms with van der Waals surface area (Å²) >= 11 is 7.17. The molecule has 2 aromatic carbocycles. The summed E-state index contributed by atoms with van der Waals surface area (Å²) in [4.78, 5) is 39.1. The predicted octanol–water partition coefficient (Wildman–Crippen LogP) is 4.18. The minimum absolute atomic E-state index is 0.379. The molecular formula is C21H16ClN3O3S. The summed E-state index contributed by atoms with van der Waals surface area (Å²) in [6, 6.07) is 18.9. The van der Waals surface area contributed by atoms with Crippen LogP contribution in [0.3, 0.4) is 0 Å². The smallest absolute Gasteiger partial charge is 0.318 e. The maximum absolute atomic E-state index is 12.9. The Kier molecular flexibility index (Phi) is 4.86. The highest BCUT2D eigenvalue weighted by Crippen LogP contribution is 2.30. The molecule has 29 heavy (non-hydrogen) atoms. The van der Waals surface area contributed by atoms with Gasteiger partial charge < -0.3 is 5.32 Å². The summed E-state index contributed by atoms with van der Waals surface area (Å²) in [5, 5.41) is 4.01. The zero-order valence-electron chi connectivity index (χ0n) is 15.3. The zero-order valence-corrected chi connectivity index (χ0v) is 16.9. The van der Waals surface area contributed by atoms with Crippen molar-refractivity contribution in [2.45, 2.75) is 12.5 Å². The van der Waals surface area contributed by atoms with Crippen molar-refractivity contribution < 1.29 is 14.4 Å². The molecule has 1 aliphatic rings. The molecule has 4 rings (SSSR count). The van der Waals surface area contributed by atoms with Crippen LogP contribution in [0.2, 0.25) is 5.02 Å². The molecule has 8 heteroatoms. The average Bonchev–Trinajstić information content (AvgIpc) is 3.29. The van der Waals surface area contributed by atoms with Gasteiger partial charge in [-0.3, -0.25) is 15.0 Å². The molecule has 2 heterocycles. The lowest BCUT2D eigenvalue weighted by Gasteiger charge is -2.21. The first-order valence-electron chi connectivity index (χ1n) is 8.77. The van der Waals surface area contributed by atoms with E-state index in [1.807, 2.05) is 24.3 Å². The maximum atomic E-state index is 12.9. The van der Waals surface area contributed by atoms with Gasteiger partial charge in [0, 0.05) is 9.90 Å². The van der Waals surface area contributed by atoms with Crippen molar-refractivity contribution in [1.82, 2.24) is 15.8 Å². The fourth-order valence-electron chi connectivity index (χ4n) is 3.09. The quantitative estimate of drug-likeness (QED) is 0.615. The average molecular weight is 426 g/mol. The molecule has 4 amide bonds. The van der Waals surface area contributed by atoms with Crippen molar-refractivity contribution in [3.63, 3.8) is 0 Å². The number of nitrogens with zero attached hydrogens (tertiary/aromatic N) is 1. The van der Waals surface area contributed by atoms with E-state index >= 15 is 0 Å². The molecule has 1 aromatic heterocycles. The summed E-state index contributed by atoms with van der Waals surface area (Å²) in [5.41, 5.74) is 2.73. The maximum Gasteiger partial charge on any atom is 0.344 e. The van der Waals surface area contributed by atoms with Crippen molar-refractivity contribution in [3.8, 4) is 10.4 Å². The lowest BCUT2D eigenvalue weighted by atomic mass is 9.92. The summed E-state index contributed by atoms with van der Waals surface area (Å²) in [6.45, 7) is 1.61. The van der Waals surface area contributed by atoms with E-state index in [4.69, 9.17) is 11.6 Å². The number of rotatable bonds is 4. The van der Waals surface area contributed by atoms with Crippen LogP contribution in [0.15, 0.2) is 66.7 Å². The highest BCUT2D eigenvalue weighted by molar-refractivity contribution is 7.17. The van der Waals surface area contributed by atoms with Gasteiger partial charge in [0.05, 0.1) is 4.88 Å². The molecule has 1 unspecified atom stereocenters. The van der Waals surface area contributed by atoms with Gasteiger partial charge in [-0.15, -0.1) is 11.3 Å². The molecule has 0 bridgehead atoms. The molecule has 1 aliphatic heterocycles. The number of benzene rings is 2. The van der Waals surface area contributed by atoms with Gasteiger partial charge in [-0.05, 0) is 42.3 Å². The van der Waals surface area contributed by atoms with Gasteiger partial charge in [0.25, 0.3) is 11.8 Å². The second kappa shape index (κ2) is 7.35. The Morgan fingerprint density at radius 2 is 1.72 bits per heavy atom. The molecule has 146 valence electrons. The Bertz CT molecular complexity index is 1100. The van der Waals surface area contributed by atoms with Gasteiger partial charge in [0.1, 0.15) is 5.54 Å². The molecule has 1 saturated heterocycles. The Labute approximate surface area is 176 Å². The third-order valence-electron chi connectivity index (χ3n) is 4.71. The van der Waals surface area contributed by atoms with Crippen LogP contribution in [0.25, 0.3) is 10.4 Å². The Morgan fingerprint density at radius 1 is 1.03 bits per heavy atom. The van der Waals surface area contributed by atoms with E-state index in [1.165, 1.54) is 11.3 Å². The van der Waals surface area contributed by atoms with Crippen molar-refractivity contribution in [3.05, 3.63) is 82.2 Å². The number of urea groups is 1. The Morgan fingerprint density at radius 3 is 2.41 bits per heavy atom. The summed E-state index contributed by atoms with van der Waals surface area (Å²) in [7, 11) is 0. The fourth-order valence-corrected chi connectivity index (χ4v) is 4.12. The summed E-state index contributed by atoms with van der Waals surface area (Å²) in [5.74, 6) is -1.08. The summed E-state index contributed by atoms with van der Waals surface area (Å²) in [6.07, 6.45) is 0. The number of hydrogen-bond donors (Lipinski definition) is 2. The van der Waals surface area contributed by atoms with Crippen LogP contribution in [0.4, 0.5) is 4.79 Å². The third kappa shape index (κ3) is 3.50. The van der Waals surface area contributed by atoms with Crippen molar-refractivity contribution >= 4 is 40.8 Å². The van der Waals surface area contributed by atoms with E-state index in [1.54, 1.807) is 49.4 Å². The van der Waals surface area contributed by atoms with E-state index in [0.717, 1.165) is 15.4 Å². The predicted molar refractivity (Wildman–Crippen MR) is 111 cm³/mol. The molecular weight excluding hydrogens is 410 g/mol. The molecule has 0 saturated carbocycles. The largest absolute Gasteiger partial charge is 0.344 e. The molecule has 0 spiro atoms. The van der Waals surface area contributed by atoms with E-state index in [0.29, 0.717) is 15.5 Å². The zero-order chi connectivity index (χ0) is 20.6. The molecule has 2 N–H and O–H groups in total. The fraction of sp³-hybridized carbons (Fsp3) is 0.0952. The highest BCUT2D eigenvalue weighted by atomic mass is 35.5. The number of carbonyl (C=O) groups is 3. The van der Waals surface area contributed by atoms with Gasteiger partial charge in [0.15, 0.2) is 0 Å². The van der Waals surface area contributed by atoms with Crippen LogP contribution in [-0.2, 0) is 10.3 Å². The number of carbonyl (C=O) groups excluding carboxylic acids is 3. The first-order valence-corrected chi connectivity index (χ1v) is 9.97. The van der Waals surface area contributed by atoms with Crippen LogP contribution in [0.1, 0.15) is 22.2 Å². The molecule has 6 nitrogen and oxygen atoms in total. The lowest BCUT2D eigenvalue weighted by molar-refractivity contribution is -0.132. The molecule has 0 radical (unpaired) electrons. The Hall–Kier alpha value is -3.16.